The fourth-order valence-electron chi connectivity index (χ4n) is 2.47. The number of aryl methyl sites for hydroxylation is 1. The summed E-state index contributed by atoms with van der Waals surface area (Å²) in [4.78, 5) is 11.7. The molecule has 1 rings (SSSR count). The fraction of sp³-hybridized carbons (Fsp3) is 0.650. The van der Waals surface area contributed by atoms with Crippen LogP contribution in [0.1, 0.15) is 82.3 Å². The average molecular weight is 337 g/mol. The standard InChI is InChI=1S/C20H32O2S/c1-3-4-5-6-7-8-9-10-11-12-20(21)22-23-17-19-15-13-18(2)14-16-19/h13-16H,3-12,17H2,1-2H3. The minimum atomic E-state index is -0.0787. The van der Waals surface area contributed by atoms with Gasteiger partial charge in [0.05, 0.1) is 17.8 Å². The van der Waals surface area contributed by atoms with Crippen molar-refractivity contribution >= 4 is 18.0 Å². The third-order valence-corrected chi connectivity index (χ3v) is 4.74. The SMILES string of the molecule is CCCCCCCCCCCC(=O)OSCc1ccc(C)cc1. The van der Waals surface area contributed by atoms with E-state index < -0.39 is 0 Å². The zero-order valence-corrected chi connectivity index (χ0v) is 15.6. The first-order valence-corrected chi connectivity index (χ1v) is 10.0. The predicted octanol–water partition coefficient (Wildman–Crippen LogP) is 6.61. The Balaban J connectivity index is 1.91. The minimum absolute atomic E-state index is 0.0787. The van der Waals surface area contributed by atoms with Gasteiger partial charge in [0.25, 0.3) is 0 Å². The van der Waals surface area contributed by atoms with Crippen LogP contribution in [0.5, 0.6) is 0 Å². The van der Waals surface area contributed by atoms with Crippen molar-refractivity contribution < 1.29 is 8.98 Å². The lowest BCUT2D eigenvalue weighted by Gasteiger charge is -2.04. The number of hydrogen-bond acceptors (Lipinski definition) is 3. The van der Waals surface area contributed by atoms with Gasteiger partial charge in [-0.15, -0.1) is 0 Å². The van der Waals surface area contributed by atoms with Gasteiger partial charge in [-0.3, -0.25) is 4.79 Å². The highest BCUT2D eigenvalue weighted by Gasteiger charge is 2.04. The van der Waals surface area contributed by atoms with Crippen molar-refractivity contribution in [2.45, 2.75) is 83.8 Å². The molecule has 130 valence electrons. The lowest BCUT2D eigenvalue weighted by molar-refractivity contribution is -0.133. The van der Waals surface area contributed by atoms with Crippen LogP contribution in [0.3, 0.4) is 0 Å². The molecule has 1 aromatic carbocycles. The van der Waals surface area contributed by atoms with E-state index >= 15 is 0 Å². The maximum absolute atomic E-state index is 11.7. The van der Waals surface area contributed by atoms with Gasteiger partial charge in [-0.1, -0.05) is 88.1 Å². The van der Waals surface area contributed by atoms with Gasteiger partial charge in [-0.2, -0.15) is 0 Å². The van der Waals surface area contributed by atoms with Gasteiger partial charge in [0, 0.05) is 6.42 Å². The van der Waals surface area contributed by atoms with Crippen LogP contribution in [-0.2, 0) is 14.7 Å². The third-order valence-electron chi connectivity index (χ3n) is 3.98. The molecule has 0 saturated carbocycles. The zero-order valence-electron chi connectivity index (χ0n) is 14.8. The zero-order chi connectivity index (χ0) is 16.8. The van der Waals surface area contributed by atoms with Crippen LogP contribution in [-0.4, -0.2) is 5.97 Å². The summed E-state index contributed by atoms with van der Waals surface area (Å²) in [5.74, 6) is 0.647. The summed E-state index contributed by atoms with van der Waals surface area (Å²) >= 11 is 1.25. The highest BCUT2D eigenvalue weighted by molar-refractivity contribution is 7.94. The van der Waals surface area contributed by atoms with E-state index in [1.165, 1.54) is 68.1 Å². The number of rotatable bonds is 13. The van der Waals surface area contributed by atoms with Crippen molar-refractivity contribution in [1.82, 2.24) is 0 Å². The monoisotopic (exact) mass is 336 g/mol. The first kappa shape index (κ1) is 20.1. The van der Waals surface area contributed by atoms with Crippen molar-refractivity contribution in [3.63, 3.8) is 0 Å². The minimum Gasteiger partial charge on any atom is -0.391 e. The van der Waals surface area contributed by atoms with Gasteiger partial charge in [0.1, 0.15) is 0 Å². The number of carbonyl (C=O) groups is 1. The summed E-state index contributed by atoms with van der Waals surface area (Å²) in [6.45, 7) is 4.32. The van der Waals surface area contributed by atoms with E-state index in [1.54, 1.807) is 0 Å². The molecule has 2 nitrogen and oxygen atoms in total. The molecule has 0 unspecified atom stereocenters. The molecule has 0 aromatic heterocycles. The van der Waals surface area contributed by atoms with E-state index in [9.17, 15) is 4.79 Å². The van der Waals surface area contributed by atoms with E-state index in [-0.39, 0.29) is 5.97 Å². The topological polar surface area (TPSA) is 26.3 Å². The maximum Gasteiger partial charge on any atom is 0.317 e. The maximum atomic E-state index is 11.7. The Hall–Kier alpha value is -0.960. The molecule has 0 atom stereocenters. The Bertz CT molecular complexity index is 414. The van der Waals surface area contributed by atoms with Crippen molar-refractivity contribution in [3.05, 3.63) is 35.4 Å². The molecular formula is C20H32O2S. The number of benzene rings is 1. The molecular weight excluding hydrogens is 304 g/mol. The Morgan fingerprint density at radius 2 is 1.48 bits per heavy atom. The third kappa shape index (κ3) is 11.2. The number of unbranched alkanes of at least 4 members (excludes halogenated alkanes) is 8. The first-order chi connectivity index (χ1) is 11.2. The molecule has 1 aromatic rings. The largest absolute Gasteiger partial charge is 0.391 e. The fourth-order valence-corrected chi connectivity index (χ4v) is 3.07. The molecule has 0 aliphatic heterocycles. The summed E-state index contributed by atoms with van der Waals surface area (Å²) in [7, 11) is 0. The summed E-state index contributed by atoms with van der Waals surface area (Å²) in [5.41, 5.74) is 2.44. The van der Waals surface area contributed by atoms with E-state index in [1.807, 2.05) is 0 Å². The molecule has 3 heteroatoms. The summed E-state index contributed by atoms with van der Waals surface area (Å²) in [6, 6.07) is 8.33. The second kappa shape index (κ2) is 13.5. The van der Waals surface area contributed by atoms with E-state index in [4.69, 9.17) is 4.18 Å². The quantitative estimate of drug-likeness (QED) is 0.299. The highest BCUT2D eigenvalue weighted by atomic mass is 32.2. The van der Waals surface area contributed by atoms with Crippen LogP contribution in [0.15, 0.2) is 24.3 Å². The Morgan fingerprint density at radius 1 is 0.913 bits per heavy atom. The second-order valence-electron chi connectivity index (χ2n) is 6.28. The lowest BCUT2D eigenvalue weighted by atomic mass is 10.1. The smallest absolute Gasteiger partial charge is 0.317 e. The van der Waals surface area contributed by atoms with Crippen molar-refractivity contribution in [2.75, 3.05) is 0 Å². The molecule has 0 saturated heterocycles. The molecule has 0 spiro atoms. The highest BCUT2D eigenvalue weighted by Crippen LogP contribution is 2.16. The Morgan fingerprint density at radius 3 is 2.09 bits per heavy atom. The van der Waals surface area contributed by atoms with Gasteiger partial charge in [0.2, 0.25) is 0 Å². The summed E-state index contributed by atoms with van der Waals surface area (Å²) < 4.78 is 5.23. The lowest BCUT2D eigenvalue weighted by Crippen LogP contribution is -1.99. The van der Waals surface area contributed by atoms with Crippen LogP contribution >= 0.6 is 12.0 Å². The molecule has 0 heterocycles. The molecule has 0 radical (unpaired) electrons. The molecule has 0 N–H and O–H groups in total. The number of hydrogen-bond donors (Lipinski definition) is 0. The molecule has 23 heavy (non-hydrogen) atoms. The molecule has 0 aliphatic rings. The van der Waals surface area contributed by atoms with Gasteiger partial charge >= 0.3 is 5.97 Å². The van der Waals surface area contributed by atoms with Gasteiger partial charge < -0.3 is 4.18 Å². The molecule has 0 bridgehead atoms. The van der Waals surface area contributed by atoms with Crippen LogP contribution in [0.4, 0.5) is 0 Å². The van der Waals surface area contributed by atoms with Crippen molar-refractivity contribution in [1.29, 1.82) is 0 Å². The van der Waals surface area contributed by atoms with Gasteiger partial charge in [-0.05, 0) is 18.9 Å². The Labute approximate surface area is 146 Å². The first-order valence-electron chi connectivity index (χ1n) is 9.10. The molecule has 0 fully saturated rings. The average Bonchev–Trinajstić information content (AvgIpc) is 2.55. The van der Waals surface area contributed by atoms with Crippen molar-refractivity contribution in [2.24, 2.45) is 0 Å². The summed E-state index contributed by atoms with van der Waals surface area (Å²) in [5, 5.41) is 0. The molecule has 0 amide bonds. The van der Waals surface area contributed by atoms with Crippen LogP contribution < -0.4 is 0 Å². The van der Waals surface area contributed by atoms with Crippen LogP contribution in [0.25, 0.3) is 0 Å². The predicted molar refractivity (Wildman–Crippen MR) is 100 cm³/mol. The summed E-state index contributed by atoms with van der Waals surface area (Å²) in [6.07, 6.45) is 12.0. The van der Waals surface area contributed by atoms with Crippen LogP contribution in [0.2, 0.25) is 0 Å². The van der Waals surface area contributed by atoms with E-state index in [0.29, 0.717) is 6.42 Å². The number of carbonyl (C=O) groups excluding carboxylic acids is 1. The van der Waals surface area contributed by atoms with E-state index in [0.717, 1.165) is 18.6 Å². The van der Waals surface area contributed by atoms with Gasteiger partial charge in [0.15, 0.2) is 0 Å². The van der Waals surface area contributed by atoms with E-state index in [2.05, 4.69) is 38.1 Å². The normalized spacial score (nSPS) is 10.7. The Kier molecular flexibility index (Phi) is 11.8. The molecule has 0 aliphatic carbocycles. The second-order valence-corrected chi connectivity index (χ2v) is 6.97. The van der Waals surface area contributed by atoms with Gasteiger partial charge in [-0.25, -0.2) is 0 Å². The van der Waals surface area contributed by atoms with Crippen LogP contribution in [0, 0.1) is 6.92 Å². The van der Waals surface area contributed by atoms with Crippen molar-refractivity contribution in [3.8, 4) is 0 Å².